The quantitative estimate of drug-likeness (QED) is 0.356. The summed E-state index contributed by atoms with van der Waals surface area (Å²) in [5, 5.41) is 16.7. The molecule has 4 rings (SSSR count). The van der Waals surface area contributed by atoms with Gasteiger partial charge in [-0.3, -0.25) is 4.79 Å². The van der Waals surface area contributed by atoms with Crippen molar-refractivity contribution in [3.63, 3.8) is 0 Å². The molecule has 0 N–H and O–H groups in total. The highest BCUT2D eigenvalue weighted by Gasteiger charge is 2.22. The second-order valence-electron chi connectivity index (χ2n) is 6.67. The van der Waals surface area contributed by atoms with Crippen LogP contribution in [0.15, 0.2) is 67.9 Å². The van der Waals surface area contributed by atoms with Crippen LogP contribution in [0, 0.1) is 0 Å². The lowest BCUT2D eigenvalue weighted by Crippen LogP contribution is -2.30. The average molecular weight is 473 g/mol. The van der Waals surface area contributed by atoms with E-state index in [1.165, 1.54) is 21.1 Å². The van der Waals surface area contributed by atoms with Crippen molar-refractivity contribution in [3.8, 4) is 11.5 Å². The Morgan fingerprint density at radius 3 is 2.59 bits per heavy atom. The smallest absolute Gasteiger partial charge is 0.278 e. The maximum Gasteiger partial charge on any atom is 0.278 e. The van der Waals surface area contributed by atoms with Crippen molar-refractivity contribution >= 4 is 32.7 Å². The van der Waals surface area contributed by atoms with Crippen LogP contribution in [0.1, 0.15) is 13.8 Å². The molecule has 32 heavy (non-hydrogen) atoms. The van der Waals surface area contributed by atoms with Gasteiger partial charge in [0.1, 0.15) is 11.4 Å². The fourth-order valence-corrected chi connectivity index (χ4v) is 5.25. The molecule has 2 aromatic heterocycles. The summed E-state index contributed by atoms with van der Waals surface area (Å²) in [5.41, 5.74) is 0.746. The Morgan fingerprint density at radius 2 is 1.81 bits per heavy atom. The average Bonchev–Trinajstić information content (AvgIpc) is 3.29. The van der Waals surface area contributed by atoms with Crippen molar-refractivity contribution in [2.24, 2.45) is 0 Å². The van der Waals surface area contributed by atoms with Crippen molar-refractivity contribution in [1.82, 2.24) is 29.5 Å². The molecule has 0 unspecified atom stereocenters. The summed E-state index contributed by atoms with van der Waals surface area (Å²) in [6, 6.07) is 13.3. The van der Waals surface area contributed by atoms with Crippen LogP contribution in [-0.2, 0) is 15.9 Å². The second-order valence-corrected chi connectivity index (χ2v) is 9.51. The molecular weight excluding hydrogens is 452 g/mol. The molecule has 0 aliphatic rings. The Kier molecular flexibility index (Phi) is 6.35. The molecule has 0 fully saturated rings. The van der Waals surface area contributed by atoms with Gasteiger partial charge in [0.15, 0.2) is 0 Å². The van der Waals surface area contributed by atoms with Crippen LogP contribution in [0.4, 0.5) is 0 Å². The van der Waals surface area contributed by atoms with Crippen molar-refractivity contribution < 1.29 is 12.8 Å². The molecule has 12 heteroatoms. The first kappa shape index (κ1) is 22.1. The van der Waals surface area contributed by atoms with Gasteiger partial charge < -0.3 is 4.42 Å². The van der Waals surface area contributed by atoms with Gasteiger partial charge in [-0.2, -0.15) is 8.99 Å². The molecule has 0 bridgehead atoms. The van der Waals surface area contributed by atoms with Crippen LogP contribution in [0.5, 0.6) is 0 Å². The third kappa shape index (κ3) is 4.29. The van der Waals surface area contributed by atoms with Gasteiger partial charge in [0.2, 0.25) is 15.9 Å². The topological polar surface area (TPSA) is 124 Å². The number of hydrogen-bond donors (Lipinski definition) is 0. The predicted molar refractivity (Wildman–Crippen MR) is 119 cm³/mol. The largest absolute Gasteiger partial charge is 0.411 e. The van der Waals surface area contributed by atoms with Gasteiger partial charge in [0.05, 0.1) is 10.3 Å². The van der Waals surface area contributed by atoms with Crippen molar-refractivity contribution in [1.29, 1.82) is 0 Å². The summed E-state index contributed by atoms with van der Waals surface area (Å²) in [6.07, 6.45) is 0. The minimum atomic E-state index is -3.61. The molecule has 0 saturated carbocycles. The lowest BCUT2D eigenvalue weighted by molar-refractivity contribution is 0.445. The molecule has 2 heterocycles. The Balaban J connectivity index is 1.54. The lowest BCUT2D eigenvalue weighted by Gasteiger charge is -2.18. The Hall–Kier alpha value is -3.09. The van der Waals surface area contributed by atoms with E-state index in [1.807, 2.05) is 0 Å². The van der Waals surface area contributed by atoms with Gasteiger partial charge in [-0.05, 0) is 42.1 Å². The number of benzene rings is 2. The molecule has 4 aromatic rings. The summed E-state index contributed by atoms with van der Waals surface area (Å²) >= 11 is 1.13. The van der Waals surface area contributed by atoms with Crippen LogP contribution in [-0.4, -0.2) is 51.0 Å². The fraction of sp³-hybridized carbons (Fsp3) is 0.250. The summed E-state index contributed by atoms with van der Waals surface area (Å²) in [6.45, 7) is 4.33. The normalized spacial score (nSPS) is 12.0. The number of fused-ring (bicyclic) bond motifs is 1. The standard InChI is InChI=1S/C20H20N6O4S2/c1-3-25(4-2)32(28,29)15-9-7-8-14(12-15)18-22-23-20(30-18)31-13-26-19(27)16-10-5-6-11-17(16)21-24-26/h5-12H,3-4,13H2,1-2H3. The van der Waals surface area contributed by atoms with E-state index in [-0.39, 0.29) is 27.4 Å². The maximum atomic E-state index is 12.8. The number of aromatic nitrogens is 5. The zero-order valence-electron chi connectivity index (χ0n) is 17.4. The number of sulfonamides is 1. The molecule has 166 valence electrons. The van der Waals surface area contributed by atoms with Crippen LogP contribution >= 0.6 is 11.8 Å². The fourth-order valence-electron chi connectivity index (χ4n) is 3.11. The van der Waals surface area contributed by atoms with E-state index < -0.39 is 10.0 Å². The zero-order chi connectivity index (χ0) is 22.7. The highest BCUT2D eigenvalue weighted by Crippen LogP contribution is 2.26. The summed E-state index contributed by atoms with van der Waals surface area (Å²) in [7, 11) is -3.61. The molecule has 0 saturated heterocycles. The highest BCUT2D eigenvalue weighted by atomic mass is 32.2. The van der Waals surface area contributed by atoms with Crippen LogP contribution < -0.4 is 5.56 Å². The van der Waals surface area contributed by atoms with Gasteiger partial charge in [-0.1, -0.05) is 37.3 Å². The van der Waals surface area contributed by atoms with E-state index in [0.717, 1.165) is 11.8 Å². The van der Waals surface area contributed by atoms with Crippen LogP contribution in [0.3, 0.4) is 0 Å². The molecule has 0 aliphatic heterocycles. The summed E-state index contributed by atoms with van der Waals surface area (Å²) < 4.78 is 33.8. The number of rotatable bonds is 8. The van der Waals surface area contributed by atoms with E-state index in [2.05, 4.69) is 20.5 Å². The molecule has 0 aliphatic carbocycles. The zero-order valence-corrected chi connectivity index (χ0v) is 19.0. The van der Waals surface area contributed by atoms with E-state index in [0.29, 0.717) is 29.6 Å². The van der Waals surface area contributed by atoms with E-state index in [9.17, 15) is 13.2 Å². The first-order valence-electron chi connectivity index (χ1n) is 9.83. The molecule has 0 spiro atoms. The predicted octanol–water partition coefficient (Wildman–Crippen LogP) is 2.62. The second kappa shape index (κ2) is 9.18. The van der Waals surface area contributed by atoms with Crippen molar-refractivity contribution in [3.05, 3.63) is 58.9 Å². The Labute approximate surface area is 188 Å². The third-order valence-corrected chi connectivity index (χ3v) is 7.60. The minimum absolute atomic E-state index is 0.134. The van der Waals surface area contributed by atoms with Crippen LogP contribution in [0.25, 0.3) is 22.4 Å². The van der Waals surface area contributed by atoms with E-state index >= 15 is 0 Å². The van der Waals surface area contributed by atoms with Crippen molar-refractivity contribution in [2.75, 3.05) is 13.1 Å². The summed E-state index contributed by atoms with van der Waals surface area (Å²) in [5.74, 6) is 0.315. The monoisotopic (exact) mass is 472 g/mol. The lowest BCUT2D eigenvalue weighted by atomic mass is 10.2. The van der Waals surface area contributed by atoms with E-state index in [1.54, 1.807) is 50.2 Å². The minimum Gasteiger partial charge on any atom is -0.411 e. The van der Waals surface area contributed by atoms with Crippen LogP contribution in [0.2, 0.25) is 0 Å². The number of nitrogens with zero attached hydrogens (tertiary/aromatic N) is 6. The first-order valence-corrected chi connectivity index (χ1v) is 12.3. The maximum absolute atomic E-state index is 12.8. The molecule has 0 atom stereocenters. The molecular formula is C20H20N6O4S2. The first-order chi connectivity index (χ1) is 15.4. The molecule has 2 aromatic carbocycles. The van der Waals surface area contributed by atoms with E-state index in [4.69, 9.17) is 4.42 Å². The molecule has 0 amide bonds. The highest BCUT2D eigenvalue weighted by molar-refractivity contribution is 7.98. The van der Waals surface area contributed by atoms with Crippen molar-refractivity contribution in [2.45, 2.75) is 29.8 Å². The van der Waals surface area contributed by atoms with Gasteiger partial charge in [0, 0.05) is 18.7 Å². The Morgan fingerprint density at radius 1 is 1.03 bits per heavy atom. The third-order valence-electron chi connectivity index (χ3n) is 4.77. The number of thioether (sulfide) groups is 1. The SMILES string of the molecule is CCN(CC)S(=O)(=O)c1cccc(-c2nnc(SCn3nnc4ccccc4c3=O)o2)c1. The molecule has 10 nitrogen and oxygen atoms in total. The Bertz CT molecular complexity index is 1410. The summed E-state index contributed by atoms with van der Waals surface area (Å²) in [4.78, 5) is 12.7. The van der Waals surface area contributed by atoms with Gasteiger partial charge in [-0.15, -0.1) is 15.3 Å². The van der Waals surface area contributed by atoms with Gasteiger partial charge in [0.25, 0.3) is 10.8 Å². The van der Waals surface area contributed by atoms with Gasteiger partial charge in [-0.25, -0.2) is 8.42 Å². The molecule has 0 radical (unpaired) electrons. The number of hydrogen-bond acceptors (Lipinski definition) is 9. The van der Waals surface area contributed by atoms with Gasteiger partial charge >= 0.3 is 0 Å².